The number of rotatable bonds is 5. The number of hydrogen-bond donors (Lipinski definition) is 0. The van der Waals surface area contributed by atoms with Gasteiger partial charge in [-0.3, -0.25) is 0 Å². The fourth-order valence-corrected chi connectivity index (χ4v) is 3.68. The number of halogens is 5. The van der Waals surface area contributed by atoms with E-state index in [9.17, 15) is 22.0 Å². The Morgan fingerprint density at radius 3 is 1.58 bits per heavy atom. The highest BCUT2D eigenvalue weighted by atomic mass is 28.2. The quantitative estimate of drug-likeness (QED) is 0.333. The molecule has 24 heavy (non-hydrogen) atoms. The average molecular weight is 360 g/mol. The second-order valence-electron chi connectivity index (χ2n) is 5.43. The van der Waals surface area contributed by atoms with Crippen molar-refractivity contribution in [1.29, 1.82) is 0 Å². The fraction of sp³-hybridized carbons (Fsp3) is 0.294. The third kappa shape index (κ3) is 2.86. The summed E-state index contributed by atoms with van der Waals surface area (Å²) in [5.41, 5.74) is -0.708. The summed E-state index contributed by atoms with van der Waals surface area (Å²) in [7, 11) is 0.507. The lowest BCUT2D eigenvalue weighted by molar-refractivity contribution is 0.0685. The molecule has 2 rings (SSSR count). The third-order valence-corrected chi connectivity index (χ3v) is 5.22. The topological polar surface area (TPSA) is 9.23 Å². The molecule has 0 saturated carbocycles. The maximum absolute atomic E-state index is 13.9. The molecule has 0 aliphatic carbocycles. The van der Waals surface area contributed by atoms with E-state index < -0.39 is 40.3 Å². The van der Waals surface area contributed by atoms with Gasteiger partial charge in [0.1, 0.15) is 10.5 Å². The van der Waals surface area contributed by atoms with Gasteiger partial charge in [-0.25, -0.2) is 22.0 Å². The first-order chi connectivity index (χ1) is 11.3. The fourth-order valence-electron chi connectivity index (χ4n) is 2.86. The second kappa shape index (κ2) is 7.02. The standard InChI is InChI=1S/C17H17F5OSi/c1-3-17(4-2,23-24)10-7-5-9(6-8-10)11-12(18)14(20)16(22)15(21)13(11)19/h5-8H,3-4H2,1-2,24H3. The molecule has 0 radical (unpaired) electrons. The highest BCUT2D eigenvalue weighted by Gasteiger charge is 2.29. The lowest BCUT2D eigenvalue weighted by Crippen LogP contribution is -2.27. The van der Waals surface area contributed by atoms with Crippen molar-refractivity contribution in [3.63, 3.8) is 0 Å². The molecule has 7 heteroatoms. The van der Waals surface area contributed by atoms with Crippen LogP contribution in [-0.4, -0.2) is 10.5 Å². The Morgan fingerprint density at radius 1 is 0.792 bits per heavy atom. The molecule has 0 aliphatic heterocycles. The van der Waals surface area contributed by atoms with Crippen molar-refractivity contribution in [2.75, 3.05) is 0 Å². The van der Waals surface area contributed by atoms with Gasteiger partial charge in [-0.15, -0.1) is 0 Å². The third-order valence-electron chi connectivity index (χ3n) is 4.44. The zero-order valence-corrected chi connectivity index (χ0v) is 15.5. The SMILES string of the molecule is CCC(CC)(O[SiH3])c1ccc(-c2c(F)c(F)c(F)c(F)c2F)cc1. The van der Waals surface area contributed by atoms with E-state index in [2.05, 4.69) is 0 Å². The molecule has 1 nitrogen and oxygen atoms in total. The molecule has 0 fully saturated rings. The summed E-state index contributed by atoms with van der Waals surface area (Å²) < 4.78 is 73.3. The van der Waals surface area contributed by atoms with E-state index in [0.717, 1.165) is 5.56 Å². The highest BCUT2D eigenvalue weighted by molar-refractivity contribution is 5.98. The molecule has 0 heterocycles. The molecular formula is C17H17F5OSi. The number of benzene rings is 2. The second-order valence-corrected chi connectivity index (χ2v) is 5.84. The summed E-state index contributed by atoms with van der Waals surface area (Å²) in [5.74, 6) is -9.74. The van der Waals surface area contributed by atoms with Crippen LogP contribution in [0.2, 0.25) is 0 Å². The Bertz CT molecular complexity index is 704. The van der Waals surface area contributed by atoms with Crippen molar-refractivity contribution in [3.8, 4) is 11.1 Å². The smallest absolute Gasteiger partial charge is 0.200 e. The van der Waals surface area contributed by atoms with Gasteiger partial charge in [0.25, 0.3) is 0 Å². The van der Waals surface area contributed by atoms with Crippen LogP contribution in [0, 0.1) is 29.1 Å². The van der Waals surface area contributed by atoms with E-state index in [1.807, 2.05) is 13.8 Å². The molecule has 2 aromatic rings. The van der Waals surface area contributed by atoms with Crippen LogP contribution < -0.4 is 0 Å². The lowest BCUT2D eigenvalue weighted by atomic mass is 9.87. The van der Waals surface area contributed by atoms with Gasteiger partial charge in [-0.1, -0.05) is 38.1 Å². The molecule has 0 N–H and O–H groups in total. The lowest BCUT2D eigenvalue weighted by Gasteiger charge is -2.31. The number of hydrogen-bond acceptors (Lipinski definition) is 1. The summed E-state index contributed by atoms with van der Waals surface area (Å²) in [5, 5.41) is 0. The minimum absolute atomic E-state index is 0.0824. The van der Waals surface area contributed by atoms with E-state index in [-0.39, 0.29) is 5.56 Å². The van der Waals surface area contributed by atoms with Gasteiger partial charge in [0.05, 0.1) is 11.2 Å². The zero-order valence-electron chi connectivity index (χ0n) is 13.5. The van der Waals surface area contributed by atoms with Gasteiger partial charge in [-0.2, -0.15) is 0 Å². The average Bonchev–Trinajstić information content (AvgIpc) is 2.61. The van der Waals surface area contributed by atoms with Crippen LogP contribution in [0.1, 0.15) is 32.3 Å². The molecule has 0 amide bonds. The Labute approximate surface area is 140 Å². The zero-order chi connectivity index (χ0) is 18.1. The maximum Gasteiger partial charge on any atom is 0.200 e. The van der Waals surface area contributed by atoms with Crippen molar-refractivity contribution in [1.82, 2.24) is 0 Å². The van der Waals surface area contributed by atoms with Gasteiger partial charge in [0, 0.05) is 0 Å². The van der Waals surface area contributed by atoms with Gasteiger partial charge in [-0.05, 0) is 24.0 Å². The summed E-state index contributed by atoms with van der Waals surface area (Å²) >= 11 is 0. The summed E-state index contributed by atoms with van der Waals surface area (Å²) in [6, 6.07) is 5.87. The van der Waals surface area contributed by atoms with Crippen molar-refractivity contribution >= 4 is 10.5 Å². The van der Waals surface area contributed by atoms with Gasteiger partial charge in [0.2, 0.25) is 5.82 Å². The summed E-state index contributed by atoms with van der Waals surface area (Å²) in [6.07, 6.45) is 1.41. The minimum Gasteiger partial charge on any atom is -0.418 e. The molecule has 0 aromatic heterocycles. The van der Waals surface area contributed by atoms with E-state index in [1.165, 1.54) is 12.1 Å². The molecule has 2 aromatic carbocycles. The molecule has 0 spiro atoms. The summed E-state index contributed by atoms with van der Waals surface area (Å²) in [4.78, 5) is 0. The van der Waals surface area contributed by atoms with Crippen molar-refractivity contribution in [2.45, 2.75) is 32.3 Å². The molecule has 130 valence electrons. The molecular weight excluding hydrogens is 343 g/mol. The first-order valence-corrected chi connectivity index (χ1v) is 8.32. The predicted molar refractivity (Wildman–Crippen MR) is 85.0 cm³/mol. The first-order valence-electron chi connectivity index (χ1n) is 7.50. The molecule has 0 unspecified atom stereocenters. The van der Waals surface area contributed by atoms with Crippen LogP contribution in [0.3, 0.4) is 0 Å². The van der Waals surface area contributed by atoms with Crippen LogP contribution in [0.5, 0.6) is 0 Å². The Kier molecular flexibility index (Phi) is 5.44. The van der Waals surface area contributed by atoms with Gasteiger partial charge >= 0.3 is 0 Å². The van der Waals surface area contributed by atoms with Crippen LogP contribution in [-0.2, 0) is 10.0 Å². The Hall–Kier alpha value is -1.73. The minimum atomic E-state index is -2.16. The normalized spacial score (nSPS) is 12.0. The van der Waals surface area contributed by atoms with Crippen LogP contribution in [0.4, 0.5) is 22.0 Å². The predicted octanol–water partition coefficient (Wildman–Crippen LogP) is 4.36. The van der Waals surface area contributed by atoms with E-state index in [1.54, 1.807) is 12.1 Å². The van der Waals surface area contributed by atoms with Crippen molar-refractivity contribution in [2.24, 2.45) is 0 Å². The molecule has 0 bridgehead atoms. The largest absolute Gasteiger partial charge is 0.418 e. The first kappa shape index (κ1) is 18.6. The summed E-state index contributed by atoms with van der Waals surface area (Å²) in [6.45, 7) is 3.92. The van der Waals surface area contributed by atoms with Crippen LogP contribution >= 0.6 is 0 Å². The van der Waals surface area contributed by atoms with Crippen molar-refractivity contribution in [3.05, 3.63) is 58.9 Å². The van der Waals surface area contributed by atoms with Gasteiger partial charge in [0.15, 0.2) is 23.3 Å². The molecule has 0 aliphatic rings. The Balaban J connectivity index is 2.58. The monoisotopic (exact) mass is 360 g/mol. The van der Waals surface area contributed by atoms with Gasteiger partial charge < -0.3 is 4.43 Å². The van der Waals surface area contributed by atoms with Crippen LogP contribution in [0.25, 0.3) is 11.1 Å². The van der Waals surface area contributed by atoms with E-state index in [0.29, 0.717) is 23.3 Å². The van der Waals surface area contributed by atoms with Crippen molar-refractivity contribution < 1.29 is 26.4 Å². The molecule has 0 saturated heterocycles. The van der Waals surface area contributed by atoms with E-state index in [4.69, 9.17) is 4.43 Å². The molecule has 0 atom stereocenters. The highest BCUT2D eigenvalue weighted by Crippen LogP contribution is 2.35. The Morgan fingerprint density at radius 2 is 1.21 bits per heavy atom. The maximum atomic E-state index is 13.9. The van der Waals surface area contributed by atoms with E-state index >= 15 is 0 Å². The van der Waals surface area contributed by atoms with Crippen LogP contribution in [0.15, 0.2) is 24.3 Å².